The van der Waals surface area contributed by atoms with Gasteiger partial charge in [-0.15, -0.1) is 0 Å². The van der Waals surface area contributed by atoms with Crippen molar-refractivity contribution in [3.8, 4) is 6.07 Å². The van der Waals surface area contributed by atoms with E-state index in [2.05, 4.69) is 27.3 Å². The molecule has 7 nitrogen and oxygen atoms in total. The molecule has 0 spiro atoms. The van der Waals surface area contributed by atoms with E-state index in [1.54, 1.807) is 18.5 Å². The summed E-state index contributed by atoms with van der Waals surface area (Å²) in [7, 11) is 0. The summed E-state index contributed by atoms with van der Waals surface area (Å²) in [5.74, 6) is 0.654. The van der Waals surface area contributed by atoms with E-state index in [0.29, 0.717) is 24.5 Å². The van der Waals surface area contributed by atoms with Crippen LogP contribution in [0.1, 0.15) is 31.9 Å². The van der Waals surface area contributed by atoms with Gasteiger partial charge in [0.1, 0.15) is 11.9 Å². The van der Waals surface area contributed by atoms with E-state index < -0.39 is 0 Å². The number of carbonyl (C=O) groups excluding carboxylic acids is 1. The molecule has 2 aromatic heterocycles. The molecule has 3 rings (SSSR count). The number of hydrogen-bond donors (Lipinski definition) is 1. The second-order valence-electron chi connectivity index (χ2n) is 7.82. The molecule has 1 fully saturated rings. The fourth-order valence-electron chi connectivity index (χ4n) is 3.22. The minimum atomic E-state index is -0.222. The van der Waals surface area contributed by atoms with Gasteiger partial charge in [0, 0.05) is 56.9 Å². The Labute approximate surface area is 160 Å². The van der Waals surface area contributed by atoms with E-state index in [9.17, 15) is 10.1 Å². The van der Waals surface area contributed by atoms with Gasteiger partial charge in [-0.3, -0.25) is 15.2 Å². The number of rotatable bonds is 3. The average molecular weight is 366 g/mol. The molecule has 27 heavy (non-hydrogen) atoms. The first-order valence-corrected chi connectivity index (χ1v) is 9.17. The van der Waals surface area contributed by atoms with Crippen molar-refractivity contribution in [2.24, 2.45) is 0 Å². The van der Waals surface area contributed by atoms with Gasteiger partial charge in [0.05, 0.1) is 5.56 Å². The number of amides is 2. The highest BCUT2D eigenvalue weighted by Crippen LogP contribution is 2.24. The van der Waals surface area contributed by atoms with E-state index >= 15 is 0 Å². The van der Waals surface area contributed by atoms with Gasteiger partial charge in [0.25, 0.3) is 0 Å². The van der Waals surface area contributed by atoms with Crippen LogP contribution < -0.4 is 5.32 Å². The number of nitriles is 1. The van der Waals surface area contributed by atoms with E-state index in [0.717, 1.165) is 19.6 Å². The van der Waals surface area contributed by atoms with Gasteiger partial charge < -0.3 is 9.47 Å². The molecule has 142 valence electrons. The van der Waals surface area contributed by atoms with Crippen molar-refractivity contribution < 1.29 is 4.79 Å². The molecule has 1 N–H and O–H groups in total. The highest BCUT2D eigenvalue weighted by atomic mass is 16.2. The lowest BCUT2D eigenvalue weighted by Crippen LogP contribution is -2.49. The Morgan fingerprint density at radius 2 is 2.04 bits per heavy atom. The Balaban J connectivity index is 1.59. The minimum absolute atomic E-state index is 0.121. The quantitative estimate of drug-likeness (QED) is 0.906. The maximum absolute atomic E-state index is 12.7. The van der Waals surface area contributed by atoms with Gasteiger partial charge in [-0.05, 0) is 38.5 Å². The molecule has 0 radical (unpaired) electrons. The molecular formula is C20H26N6O. The minimum Gasteiger partial charge on any atom is -0.328 e. The average Bonchev–Trinajstić information content (AvgIpc) is 3.06. The summed E-state index contributed by atoms with van der Waals surface area (Å²) in [6.07, 6.45) is 5.44. The highest BCUT2D eigenvalue weighted by molar-refractivity contribution is 5.89. The molecule has 0 aromatic carbocycles. The third kappa shape index (κ3) is 4.66. The Morgan fingerprint density at radius 1 is 1.30 bits per heavy atom. The zero-order chi connectivity index (χ0) is 19.4. The summed E-state index contributed by atoms with van der Waals surface area (Å²) < 4.78 is 1.93. The van der Waals surface area contributed by atoms with Crippen LogP contribution in [0.25, 0.3) is 0 Å². The summed E-state index contributed by atoms with van der Waals surface area (Å²) in [6.45, 7) is 9.98. The van der Waals surface area contributed by atoms with E-state index in [1.807, 2.05) is 42.5 Å². The van der Waals surface area contributed by atoms with Gasteiger partial charge in [0.2, 0.25) is 0 Å². The number of nitrogens with zero attached hydrogens (tertiary/aromatic N) is 5. The van der Waals surface area contributed by atoms with Crippen LogP contribution in [-0.2, 0) is 12.1 Å². The first-order chi connectivity index (χ1) is 12.9. The number of aromatic nitrogens is 2. The Kier molecular flexibility index (Phi) is 5.47. The van der Waals surface area contributed by atoms with Crippen molar-refractivity contribution in [3.63, 3.8) is 0 Å². The van der Waals surface area contributed by atoms with Crippen LogP contribution in [0.15, 0.2) is 36.8 Å². The number of anilines is 1. The van der Waals surface area contributed by atoms with Crippen molar-refractivity contribution >= 4 is 11.8 Å². The highest BCUT2D eigenvalue weighted by Gasteiger charge is 2.24. The van der Waals surface area contributed by atoms with Crippen LogP contribution in [0.3, 0.4) is 0 Å². The fraction of sp³-hybridized carbons (Fsp3) is 0.450. The Hall–Kier alpha value is -2.85. The number of hydrogen-bond acceptors (Lipinski definition) is 4. The van der Waals surface area contributed by atoms with Crippen LogP contribution in [0.5, 0.6) is 0 Å². The monoisotopic (exact) mass is 366 g/mol. The number of nitrogens with one attached hydrogen (secondary N) is 1. The van der Waals surface area contributed by atoms with Crippen LogP contribution in [-0.4, -0.2) is 51.6 Å². The van der Waals surface area contributed by atoms with Gasteiger partial charge >= 0.3 is 6.03 Å². The summed E-state index contributed by atoms with van der Waals surface area (Å²) in [6, 6.07) is 7.76. The molecule has 0 unspecified atom stereocenters. The molecule has 0 saturated carbocycles. The largest absolute Gasteiger partial charge is 0.328 e. The van der Waals surface area contributed by atoms with Crippen molar-refractivity contribution in [2.75, 3.05) is 31.5 Å². The molecule has 1 aliphatic rings. The lowest BCUT2D eigenvalue weighted by molar-refractivity contribution is 0.142. The van der Waals surface area contributed by atoms with Crippen LogP contribution in [0.2, 0.25) is 0 Å². The summed E-state index contributed by atoms with van der Waals surface area (Å²) >= 11 is 0. The van der Waals surface area contributed by atoms with Gasteiger partial charge in [-0.1, -0.05) is 6.07 Å². The lowest BCUT2D eigenvalue weighted by Gasteiger charge is -2.35. The molecule has 0 atom stereocenters. The number of piperazine rings is 1. The number of pyridine rings is 1. The molecule has 2 amide bonds. The van der Waals surface area contributed by atoms with E-state index in [1.165, 1.54) is 5.56 Å². The van der Waals surface area contributed by atoms with Crippen LogP contribution in [0.4, 0.5) is 10.6 Å². The molecule has 1 saturated heterocycles. The molecular weight excluding hydrogens is 340 g/mol. The van der Waals surface area contributed by atoms with Crippen LogP contribution >= 0.6 is 0 Å². The number of carbonyl (C=O) groups is 1. The van der Waals surface area contributed by atoms with Gasteiger partial charge in [-0.25, -0.2) is 4.79 Å². The summed E-state index contributed by atoms with van der Waals surface area (Å²) in [4.78, 5) is 21.0. The molecule has 3 heterocycles. The molecule has 2 aromatic rings. The zero-order valence-electron chi connectivity index (χ0n) is 16.1. The molecule has 0 aliphatic carbocycles. The fourth-order valence-corrected chi connectivity index (χ4v) is 3.22. The Bertz CT molecular complexity index is 822. The second kappa shape index (κ2) is 7.80. The summed E-state index contributed by atoms with van der Waals surface area (Å²) in [5, 5.41) is 12.2. The van der Waals surface area contributed by atoms with Gasteiger partial charge in [0.15, 0.2) is 0 Å². The lowest BCUT2D eigenvalue weighted by atomic mass is 10.1. The molecule has 0 bridgehead atoms. The predicted octanol–water partition coefficient (Wildman–Crippen LogP) is 2.86. The Morgan fingerprint density at radius 3 is 2.63 bits per heavy atom. The third-order valence-corrected chi connectivity index (χ3v) is 4.70. The van der Waals surface area contributed by atoms with E-state index in [-0.39, 0.29) is 11.6 Å². The normalized spacial score (nSPS) is 15.4. The van der Waals surface area contributed by atoms with Gasteiger partial charge in [-0.2, -0.15) is 5.26 Å². The predicted molar refractivity (Wildman–Crippen MR) is 104 cm³/mol. The first-order valence-electron chi connectivity index (χ1n) is 9.17. The first kappa shape index (κ1) is 18.9. The maximum Gasteiger partial charge on any atom is 0.323 e. The SMILES string of the molecule is CC(C)(C)n1cc(C#N)cc1NC(=O)N1CCN(Cc2cccnc2)CC1. The topological polar surface area (TPSA) is 77.2 Å². The summed E-state index contributed by atoms with van der Waals surface area (Å²) in [5.41, 5.74) is 1.50. The zero-order valence-corrected chi connectivity index (χ0v) is 16.1. The standard InChI is InChI=1S/C20H26N6O/c1-20(2,3)26-15-17(12-21)11-18(26)23-19(27)25-9-7-24(8-10-25)14-16-5-4-6-22-13-16/h4-6,11,13,15H,7-10,14H2,1-3H3,(H,23,27). The third-order valence-electron chi connectivity index (χ3n) is 4.70. The smallest absolute Gasteiger partial charge is 0.323 e. The van der Waals surface area contributed by atoms with Crippen molar-refractivity contribution in [3.05, 3.63) is 47.9 Å². The second-order valence-corrected chi connectivity index (χ2v) is 7.82. The van der Waals surface area contributed by atoms with Crippen molar-refractivity contribution in [1.82, 2.24) is 19.4 Å². The van der Waals surface area contributed by atoms with Crippen molar-refractivity contribution in [2.45, 2.75) is 32.9 Å². The van der Waals surface area contributed by atoms with Crippen LogP contribution in [0, 0.1) is 11.3 Å². The maximum atomic E-state index is 12.7. The molecule has 1 aliphatic heterocycles. The van der Waals surface area contributed by atoms with E-state index in [4.69, 9.17) is 0 Å². The molecule has 7 heteroatoms. The number of urea groups is 1. The van der Waals surface area contributed by atoms with Crippen molar-refractivity contribution in [1.29, 1.82) is 5.26 Å².